The number of nitriles is 2. The Kier molecular flexibility index (Phi) is 4.77. The largest absolute Gasteiger partial charge is 0.417 e. The molecule has 0 saturated heterocycles. The fourth-order valence-electron chi connectivity index (χ4n) is 1.72. The summed E-state index contributed by atoms with van der Waals surface area (Å²) in [6.45, 7) is 2.64. The van der Waals surface area contributed by atoms with Gasteiger partial charge in [-0.1, -0.05) is 0 Å². The Hall–Kier alpha value is -2.21. The van der Waals surface area contributed by atoms with Crippen molar-refractivity contribution in [2.75, 3.05) is 18.0 Å². The van der Waals surface area contributed by atoms with E-state index in [-0.39, 0.29) is 6.42 Å². The van der Waals surface area contributed by atoms with E-state index in [1.165, 1.54) is 12.1 Å². The SMILES string of the molecule is CCN(CCC#N)c1ccc(C#N)c(C(F)(F)F)c1. The first-order valence-electron chi connectivity index (χ1n) is 5.67. The molecule has 0 aliphatic rings. The average molecular weight is 267 g/mol. The summed E-state index contributed by atoms with van der Waals surface area (Å²) in [6, 6.07) is 7.08. The van der Waals surface area contributed by atoms with E-state index >= 15 is 0 Å². The number of rotatable bonds is 4. The molecular weight excluding hydrogens is 255 g/mol. The Morgan fingerprint density at radius 2 is 1.95 bits per heavy atom. The third-order valence-electron chi connectivity index (χ3n) is 2.67. The minimum absolute atomic E-state index is 0.231. The van der Waals surface area contributed by atoms with E-state index in [0.717, 1.165) is 12.1 Å². The smallest absolute Gasteiger partial charge is 0.371 e. The van der Waals surface area contributed by atoms with Crippen molar-refractivity contribution in [2.45, 2.75) is 19.5 Å². The normalized spacial score (nSPS) is 10.6. The molecule has 1 aromatic carbocycles. The van der Waals surface area contributed by atoms with Crippen LogP contribution in [0.25, 0.3) is 0 Å². The molecule has 6 heteroatoms. The predicted molar refractivity (Wildman–Crippen MR) is 64.3 cm³/mol. The van der Waals surface area contributed by atoms with E-state index in [1.807, 2.05) is 6.07 Å². The topological polar surface area (TPSA) is 50.8 Å². The molecule has 0 aliphatic carbocycles. The van der Waals surface area contributed by atoms with Crippen LogP contribution in [-0.4, -0.2) is 13.1 Å². The highest BCUT2D eigenvalue weighted by Crippen LogP contribution is 2.34. The number of benzene rings is 1. The molecule has 0 saturated carbocycles. The summed E-state index contributed by atoms with van der Waals surface area (Å²) in [4.78, 5) is 1.67. The lowest BCUT2D eigenvalue weighted by atomic mass is 10.1. The minimum atomic E-state index is -4.56. The van der Waals surface area contributed by atoms with Crippen LogP contribution in [0.4, 0.5) is 18.9 Å². The molecule has 0 atom stereocenters. The first-order chi connectivity index (χ1) is 8.93. The maximum Gasteiger partial charge on any atom is 0.417 e. The molecule has 19 heavy (non-hydrogen) atoms. The fraction of sp³-hybridized carbons (Fsp3) is 0.385. The van der Waals surface area contributed by atoms with Crippen LogP contribution < -0.4 is 4.90 Å². The van der Waals surface area contributed by atoms with Gasteiger partial charge in [0.1, 0.15) is 0 Å². The van der Waals surface area contributed by atoms with Crippen molar-refractivity contribution in [3.8, 4) is 12.1 Å². The molecule has 0 bridgehead atoms. The average Bonchev–Trinajstić information content (AvgIpc) is 2.38. The van der Waals surface area contributed by atoms with Gasteiger partial charge in [0.25, 0.3) is 0 Å². The molecule has 0 heterocycles. The molecule has 0 fully saturated rings. The number of alkyl halides is 3. The van der Waals surface area contributed by atoms with Crippen LogP contribution in [0.2, 0.25) is 0 Å². The zero-order valence-corrected chi connectivity index (χ0v) is 10.3. The van der Waals surface area contributed by atoms with Crippen molar-refractivity contribution < 1.29 is 13.2 Å². The van der Waals surface area contributed by atoms with Crippen molar-refractivity contribution in [1.29, 1.82) is 10.5 Å². The molecule has 1 rings (SSSR count). The molecule has 0 unspecified atom stereocenters. The number of halogens is 3. The highest BCUT2D eigenvalue weighted by molar-refractivity contribution is 5.54. The second-order valence-corrected chi connectivity index (χ2v) is 3.83. The number of hydrogen-bond acceptors (Lipinski definition) is 3. The van der Waals surface area contributed by atoms with Gasteiger partial charge in [-0.2, -0.15) is 23.7 Å². The summed E-state index contributed by atoms with van der Waals surface area (Å²) < 4.78 is 38.4. The van der Waals surface area contributed by atoms with Crippen LogP contribution in [0.3, 0.4) is 0 Å². The Labute approximate surface area is 109 Å². The summed E-state index contributed by atoms with van der Waals surface area (Å²) in [5.41, 5.74) is -0.973. The van der Waals surface area contributed by atoms with Crippen LogP contribution >= 0.6 is 0 Å². The highest BCUT2D eigenvalue weighted by Gasteiger charge is 2.34. The molecular formula is C13H12F3N3. The summed E-state index contributed by atoms with van der Waals surface area (Å²) >= 11 is 0. The van der Waals surface area contributed by atoms with Crippen LogP contribution in [-0.2, 0) is 6.18 Å². The van der Waals surface area contributed by atoms with Crippen LogP contribution in [0.1, 0.15) is 24.5 Å². The quantitative estimate of drug-likeness (QED) is 0.840. The van der Waals surface area contributed by atoms with Crippen molar-refractivity contribution in [1.82, 2.24) is 0 Å². The molecule has 0 aliphatic heterocycles. The van der Waals surface area contributed by atoms with Crippen molar-refractivity contribution >= 4 is 5.69 Å². The standard InChI is InChI=1S/C13H12F3N3/c1-2-19(7-3-6-17)11-5-4-10(9-18)12(8-11)13(14,15)16/h4-5,8H,2-3,7H2,1H3. The summed E-state index contributed by atoms with van der Waals surface area (Å²) in [6.07, 6.45) is -4.33. The second kappa shape index (κ2) is 6.10. The van der Waals surface area contributed by atoms with E-state index in [4.69, 9.17) is 10.5 Å². The molecule has 3 nitrogen and oxygen atoms in total. The number of anilines is 1. The van der Waals surface area contributed by atoms with Crippen LogP contribution in [0.5, 0.6) is 0 Å². The Morgan fingerprint density at radius 1 is 1.26 bits per heavy atom. The molecule has 100 valence electrons. The van der Waals surface area contributed by atoms with E-state index in [0.29, 0.717) is 18.8 Å². The zero-order valence-electron chi connectivity index (χ0n) is 10.3. The molecule has 0 spiro atoms. The second-order valence-electron chi connectivity index (χ2n) is 3.83. The minimum Gasteiger partial charge on any atom is -0.371 e. The van der Waals surface area contributed by atoms with Gasteiger partial charge in [0.05, 0.1) is 29.7 Å². The van der Waals surface area contributed by atoms with Gasteiger partial charge in [0.2, 0.25) is 0 Å². The fourth-order valence-corrected chi connectivity index (χ4v) is 1.72. The number of nitrogens with zero attached hydrogens (tertiary/aromatic N) is 3. The third kappa shape index (κ3) is 3.62. The summed E-state index contributed by atoms with van der Waals surface area (Å²) in [7, 11) is 0. The molecule has 0 aromatic heterocycles. The van der Waals surface area contributed by atoms with Gasteiger partial charge in [-0.15, -0.1) is 0 Å². The summed E-state index contributed by atoms with van der Waals surface area (Å²) in [5, 5.41) is 17.2. The predicted octanol–water partition coefficient (Wildman–Crippen LogP) is 3.32. The monoisotopic (exact) mass is 267 g/mol. The van der Waals surface area contributed by atoms with Gasteiger partial charge in [0.15, 0.2) is 0 Å². The molecule has 0 amide bonds. The van der Waals surface area contributed by atoms with Crippen molar-refractivity contribution in [3.63, 3.8) is 0 Å². The maximum absolute atomic E-state index is 12.8. The lowest BCUT2D eigenvalue weighted by molar-refractivity contribution is -0.137. The Morgan fingerprint density at radius 3 is 2.42 bits per heavy atom. The Bertz CT molecular complexity index is 523. The van der Waals surface area contributed by atoms with Gasteiger partial charge in [-0.3, -0.25) is 0 Å². The van der Waals surface area contributed by atoms with Gasteiger partial charge in [-0.05, 0) is 25.1 Å². The maximum atomic E-state index is 12.8. The van der Waals surface area contributed by atoms with Crippen LogP contribution in [0, 0.1) is 22.7 Å². The van der Waals surface area contributed by atoms with Crippen molar-refractivity contribution in [3.05, 3.63) is 29.3 Å². The lowest BCUT2D eigenvalue weighted by Crippen LogP contribution is -2.24. The lowest BCUT2D eigenvalue weighted by Gasteiger charge is -2.23. The van der Waals surface area contributed by atoms with Crippen molar-refractivity contribution in [2.24, 2.45) is 0 Å². The zero-order chi connectivity index (χ0) is 14.5. The first-order valence-corrected chi connectivity index (χ1v) is 5.67. The van der Waals surface area contributed by atoms with Crippen LogP contribution in [0.15, 0.2) is 18.2 Å². The highest BCUT2D eigenvalue weighted by atomic mass is 19.4. The van der Waals surface area contributed by atoms with E-state index in [1.54, 1.807) is 11.8 Å². The molecule has 1 aromatic rings. The Balaban J connectivity index is 3.18. The van der Waals surface area contributed by atoms with Gasteiger partial charge in [-0.25, -0.2) is 0 Å². The first kappa shape index (κ1) is 14.8. The van der Waals surface area contributed by atoms with E-state index < -0.39 is 17.3 Å². The van der Waals surface area contributed by atoms with E-state index in [9.17, 15) is 13.2 Å². The van der Waals surface area contributed by atoms with E-state index in [2.05, 4.69) is 0 Å². The number of hydrogen-bond donors (Lipinski definition) is 0. The van der Waals surface area contributed by atoms with Gasteiger partial charge in [0, 0.05) is 18.8 Å². The molecule has 0 N–H and O–H groups in total. The van der Waals surface area contributed by atoms with Gasteiger partial charge < -0.3 is 4.90 Å². The summed E-state index contributed by atoms with van der Waals surface area (Å²) in [5.74, 6) is 0. The third-order valence-corrected chi connectivity index (χ3v) is 2.67. The molecule has 0 radical (unpaired) electrons. The van der Waals surface area contributed by atoms with Gasteiger partial charge >= 0.3 is 6.18 Å².